The summed E-state index contributed by atoms with van der Waals surface area (Å²) in [6.45, 7) is 3.34. The topological polar surface area (TPSA) is 101 Å². The molecule has 0 aliphatic carbocycles. The van der Waals surface area contributed by atoms with Crippen LogP contribution in [0.25, 0.3) is 0 Å². The summed E-state index contributed by atoms with van der Waals surface area (Å²) in [7, 11) is 0. The lowest BCUT2D eigenvalue weighted by Crippen LogP contribution is -2.37. The van der Waals surface area contributed by atoms with Gasteiger partial charge in [-0.25, -0.2) is 15.0 Å². The zero-order valence-electron chi connectivity index (χ0n) is 15.4. The van der Waals surface area contributed by atoms with E-state index < -0.39 is 0 Å². The highest BCUT2D eigenvalue weighted by molar-refractivity contribution is 7.99. The Bertz CT molecular complexity index is 935. The van der Waals surface area contributed by atoms with Gasteiger partial charge in [0.05, 0.1) is 26.0 Å². The first-order valence-corrected chi connectivity index (χ1v) is 10.2. The maximum absolute atomic E-state index is 5.44. The molecule has 0 radical (unpaired) electrons. The van der Waals surface area contributed by atoms with Crippen LogP contribution in [0.5, 0.6) is 0 Å². The molecule has 9 nitrogen and oxygen atoms in total. The number of aromatic nitrogens is 4. The van der Waals surface area contributed by atoms with Crippen LogP contribution >= 0.6 is 24.0 Å². The summed E-state index contributed by atoms with van der Waals surface area (Å²) in [5.74, 6) is 2.00. The van der Waals surface area contributed by atoms with Crippen molar-refractivity contribution < 1.29 is 9.15 Å². The van der Waals surface area contributed by atoms with E-state index in [4.69, 9.17) is 21.4 Å². The van der Waals surface area contributed by atoms with Gasteiger partial charge in [0.1, 0.15) is 16.6 Å². The molecule has 11 heteroatoms. The molecule has 0 amide bonds. The van der Waals surface area contributed by atoms with Crippen LogP contribution in [-0.4, -0.2) is 51.4 Å². The molecule has 0 atom stereocenters. The molecule has 1 saturated heterocycles. The molecule has 4 heterocycles. The van der Waals surface area contributed by atoms with Gasteiger partial charge in [0.25, 0.3) is 0 Å². The number of hydrogen-bond acceptors (Lipinski definition) is 9. The fraction of sp³-hybridized carbons (Fsp3) is 0.278. The molecule has 3 aromatic heterocycles. The van der Waals surface area contributed by atoms with Crippen molar-refractivity contribution in [3.05, 3.63) is 48.7 Å². The largest absolute Gasteiger partial charge is 0.467 e. The predicted molar refractivity (Wildman–Crippen MR) is 113 cm³/mol. The second-order valence-electron chi connectivity index (χ2n) is 6.01. The minimum Gasteiger partial charge on any atom is -0.467 e. The van der Waals surface area contributed by atoms with Gasteiger partial charge in [0, 0.05) is 31.5 Å². The summed E-state index contributed by atoms with van der Waals surface area (Å²) in [6.07, 6.45) is 5.02. The molecular weight excluding hydrogens is 410 g/mol. The lowest BCUT2D eigenvalue weighted by atomic mass is 10.4. The van der Waals surface area contributed by atoms with Crippen LogP contribution in [0.4, 0.5) is 11.8 Å². The third-order valence-electron chi connectivity index (χ3n) is 3.99. The van der Waals surface area contributed by atoms with Gasteiger partial charge < -0.3 is 24.7 Å². The maximum Gasteiger partial charge on any atom is 0.232 e. The van der Waals surface area contributed by atoms with Crippen LogP contribution in [0.2, 0.25) is 0 Å². The summed E-state index contributed by atoms with van der Waals surface area (Å²) in [4.78, 5) is 19.9. The molecule has 0 saturated carbocycles. The van der Waals surface area contributed by atoms with E-state index in [0.29, 0.717) is 36.0 Å². The Kier molecular flexibility index (Phi) is 6.49. The van der Waals surface area contributed by atoms with E-state index in [2.05, 4.69) is 35.5 Å². The second kappa shape index (κ2) is 9.63. The van der Waals surface area contributed by atoms with E-state index in [-0.39, 0.29) is 0 Å². The second-order valence-corrected chi connectivity index (χ2v) is 7.40. The number of ether oxygens (including phenoxy) is 1. The zero-order valence-corrected chi connectivity index (χ0v) is 17.1. The molecule has 0 aromatic carbocycles. The Morgan fingerprint density at radius 2 is 2.00 bits per heavy atom. The van der Waals surface area contributed by atoms with Gasteiger partial charge in [-0.1, -0.05) is 0 Å². The predicted octanol–water partition coefficient (Wildman–Crippen LogP) is 2.33. The number of rotatable bonds is 6. The molecule has 0 spiro atoms. The maximum atomic E-state index is 5.44. The van der Waals surface area contributed by atoms with E-state index in [1.165, 1.54) is 11.8 Å². The Labute approximate surface area is 177 Å². The van der Waals surface area contributed by atoms with Gasteiger partial charge >= 0.3 is 0 Å². The lowest BCUT2D eigenvalue weighted by molar-refractivity contribution is 0.122. The molecular formula is C18H19N7O2S2. The quantitative estimate of drug-likeness (QED) is 0.343. The number of furan rings is 1. The van der Waals surface area contributed by atoms with Crippen LogP contribution < -0.4 is 15.5 Å². The Balaban J connectivity index is 1.51. The summed E-state index contributed by atoms with van der Waals surface area (Å²) in [6, 6.07) is 7.41. The molecule has 1 aliphatic heterocycles. The van der Waals surface area contributed by atoms with E-state index in [0.717, 1.165) is 29.7 Å². The number of nitrogens with one attached hydrogen (secondary N) is 2. The van der Waals surface area contributed by atoms with Crippen LogP contribution in [0.1, 0.15) is 5.76 Å². The van der Waals surface area contributed by atoms with E-state index in [9.17, 15) is 0 Å². The summed E-state index contributed by atoms with van der Waals surface area (Å²) < 4.78 is 10.7. The molecule has 4 rings (SSSR count). The number of anilines is 2. The van der Waals surface area contributed by atoms with Crippen molar-refractivity contribution in [2.75, 3.05) is 36.5 Å². The normalized spacial score (nSPS) is 13.9. The smallest absolute Gasteiger partial charge is 0.232 e. The minimum atomic E-state index is 0.407. The molecule has 0 bridgehead atoms. The van der Waals surface area contributed by atoms with Gasteiger partial charge in [-0.05, 0) is 42.2 Å². The lowest BCUT2D eigenvalue weighted by Gasteiger charge is -2.28. The third-order valence-corrected chi connectivity index (χ3v) is 5.05. The molecule has 3 aromatic rings. The molecule has 150 valence electrons. The van der Waals surface area contributed by atoms with Gasteiger partial charge in [-0.3, -0.25) is 0 Å². The van der Waals surface area contributed by atoms with Crippen molar-refractivity contribution in [3.63, 3.8) is 0 Å². The van der Waals surface area contributed by atoms with Gasteiger partial charge in [-0.2, -0.15) is 4.98 Å². The molecule has 1 fully saturated rings. The highest BCUT2D eigenvalue weighted by Gasteiger charge is 2.16. The Hall–Kier alpha value is -2.76. The third kappa shape index (κ3) is 5.62. The van der Waals surface area contributed by atoms with Crippen molar-refractivity contribution in [1.29, 1.82) is 0 Å². The summed E-state index contributed by atoms with van der Waals surface area (Å²) in [5.41, 5.74) is 0. The number of morpholine rings is 1. The zero-order chi connectivity index (χ0) is 19.9. The number of hydrogen-bond donors (Lipinski definition) is 2. The summed E-state index contributed by atoms with van der Waals surface area (Å²) >= 11 is 6.74. The molecule has 0 unspecified atom stereocenters. The van der Waals surface area contributed by atoms with E-state index in [1.807, 2.05) is 18.2 Å². The average Bonchev–Trinajstić information content (AvgIpc) is 3.27. The van der Waals surface area contributed by atoms with Crippen LogP contribution in [0.3, 0.4) is 0 Å². The van der Waals surface area contributed by atoms with E-state index in [1.54, 1.807) is 24.7 Å². The van der Waals surface area contributed by atoms with Crippen molar-refractivity contribution in [3.8, 4) is 0 Å². The van der Waals surface area contributed by atoms with Crippen LogP contribution in [0, 0.1) is 0 Å². The van der Waals surface area contributed by atoms with Crippen molar-refractivity contribution in [1.82, 2.24) is 25.3 Å². The highest BCUT2D eigenvalue weighted by Crippen LogP contribution is 2.27. The van der Waals surface area contributed by atoms with E-state index >= 15 is 0 Å². The van der Waals surface area contributed by atoms with Gasteiger partial charge in [0.15, 0.2) is 10.3 Å². The first-order valence-electron chi connectivity index (χ1n) is 9.00. The van der Waals surface area contributed by atoms with Crippen LogP contribution in [0.15, 0.2) is 57.5 Å². The fourth-order valence-electron chi connectivity index (χ4n) is 2.63. The van der Waals surface area contributed by atoms with Crippen molar-refractivity contribution >= 4 is 40.9 Å². The number of nitrogens with zero attached hydrogens (tertiary/aromatic N) is 5. The first-order chi connectivity index (χ1) is 14.3. The molecule has 29 heavy (non-hydrogen) atoms. The Morgan fingerprint density at radius 3 is 2.76 bits per heavy atom. The van der Waals surface area contributed by atoms with Crippen molar-refractivity contribution in [2.24, 2.45) is 0 Å². The average molecular weight is 430 g/mol. The number of thiocarbonyl (C=S) groups is 1. The Morgan fingerprint density at radius 1 is 1.17 bits per heavy atom. The SMILES string of the molecule is S=C(NCc1ccco1)Nc1nc(Sc2ncccn2)cc(N2CCOCC2)n1. The highest BCUT2D eigenvalue weighted by atomic mass is 32.2. The van der Waals surface area contributed by atoms with Crippen LogP contribution in [-0.2, 0) is 11.3 Å². The fourth-order valence-corrected chi connectivity index (χ4v) is 3.51. The van der Waals surface area contributed by atoms with Gasteiger partial charge in [-0.15, -0.1) is 0 Å². The first kappa shape index (κ1) is 19.6. The van der Waals surface area contributed by atoms with Crippen molar-refractivity contribution in [2.45, 2.75) is 16.7 Å². The summed E-state index contributed by atoms with van der Waals surface area (Å²) in [5, 5.41) is 7.89. The molecule has 1 aliphatic rings. The van der Waals surface area contributed by atoms with Gasteiger partial charge in [0.2, 0.25) is 5.95 Å². The monoisotopic (exact) mass is 429 g/mol. The standard InChI is InChI=1S/C18H19N7O2S2/c28-17(21-12-13-3-1-8-27-13)24-16-22-14(25-6-9-26-10-7-25)11-15(23-16)29-18-19-4-2-5-20-18/h1-5,8,11H,6-7,9-10,12H2,(H2,21,22,23,24,28). The minimum absolute atomic E-state index is 0.407. The molecule has 2 N–H and O–H groups in total.